The van der Waals surface area contributed by atoms with Crippen LogP contribution in [0.15, 0.2) is 0 Å². The van der Waals surface area contributed by atoms with Gasteiger partial charge in [0.2, 0.25) is 11.8 Å². The van der Waals surface area contributed by atoms with Gasteiger partial charge in [-0.25, -0.2) is 0 Å². The van der Waals surface area contributed by atoms with Gasteiger partial charge in [-0.15, -0.1) is 0 Å². The van der Waals surface area contributed by atoms with Crippen molar-refractivity contribution in [2.75, 3.05) is 20.1 Å². The van der Waals surface area contributed by atoms with Crippen molar-refractivity contribution in [3.63, 3.8) is 0 Å². The minimum atomic E-state index is -0.0201. The molecule has 0 aliphatic carbocycles. The lowest BCUT2D eigenvalue weighted by Gasteiger charge is -2.21. The molecule has 0 bridgehead atoms. The molecule has 2 amide bonds. The summed E-state index contributed by atoms with van der Waals surface area (Å²) in [4.78, 5) is 24.2. The third-order valence-corrected chi connectivity index (χ3v) is 2.56. The van der Waals surface area contributed by atoms with Crippen LogP contribution in [0.25, 0.3) is 0 Å². The maximum atomic E-state index is 11.8. The van der Waals surface area contributed by atoms with Gasteiger partial charge in [-0.05, 0) is 12.8 Å². The first-order valence-electron chi connectivity index (χ1n) is 5.98. The molecule has 0 aliphatic heterocycles. The lowest BCUT2D eigenvalue weighted by molar-refractivity contribution is -0.133. The summed E-state index contributed by atoms with van der Waals surface area (Å²) in [6, 6.07) is 0. The van der Waals surface area contributed by atoms with E-state index >= 15 is 0 Å². The SMILES string of the molecule is CCCC(C)C(=O)N(C)CCCNC(C)=O. The minimum absolute atomic E-state index is 0.0201. The summed E-state index contributed by atoms with van der Waals surface area (Å²) in [5, 5.41) is 2.72. The van der Waals surface area contributed by atoms with Crippen molar-refractivity contribution in [3.8, 4) is 0 Å². The molecule has 0 aromatic carbocycles. The molecule has 0 saturated heterocycles. The van der Waals surface area contributed by atoms with Crippen LogP contribution in [0.4, 0.5) is 0 Å². The molecule has 0 fully saturated rings. The fourth-order valence-corrected chi connectivity index (χ4v) is 1.62. The van der Waals surface area contributed by atoms with E-state index in [-0.39, 0.29) is 17.7 Å². The smallest absolute Gasteiger partial charge is 0.225 e. The Labute approximate surface area is 98.4 Å². The average molecular weight is 228 g/mol. The van der Waals surface area contributed by atoms with Gasteiger partial charge in [0.25, 0.3) is 0 Å². The van der Waals surface area contributed by atoms with Crippen LogP contribution >= 0.6 is 0 Å². The topological polar surface area (TPSA) is 49.4 Å². The molecule has 1 unspecified atom stereocenters. The van der Waals surface area contributed by atoms with Gasteiger partial charge >= 0.3 is 0 Å². The van der Waals surface area contributed by atoms with Crippen LogP contribution < -0.4 is 5.32 Å². The molecule has 16 heavy (non-hydrogen) atoms. The Bertz CT molecular complexity index is 229. The monoisotopic (exact) mass is 228 g/mol. The van der Waals surface area contributed by atoms with Crippen molar-refractivity contribution in [1.82, 2.24) is 10.2 Å². The van der Waals surface area contributed by atoms with Crippen LogP contribution in [-0.2, 0) is 9.59 Å². The molecule has 0 rings (SSSR count). The highest BCUT2D eigenvalue weighted by molar-refractivity contribution is 5.78. The fraction of sp³-hybridized carbons (Fsp3) is 0.833. The Kier molecular flexibility index (Phi) is 7.60. The van der Waals surface area contributed by atoms with Crippen LogP contribution in [0.2, 0.25) is 0 Å². The van der Waals surface area contributed by atoms with Crippen molar-refractivity contribution < 1.29 is 9.59 Å². The highest BCUT2D eigenvalue weighted by Gasteiger charge is 2.15. The summed E-state index contributed by atoms with van der Waals surface area (Å²) in [7, 11) is 1.82. The summed E-state index contributed by atoms with van der Waals surface area (Å²) >= 11 is 0. The zero-order chi connectivity index (χ0) is 12.6. The van der Waals surface area contributed by atoms with E-state index < -0.39 is 0 Å². The van der Waals surface area contributed by atoms with E-state index in [1.54, 1.807) is 4.90 Å². The average Bonchev–Trinajstić information content (AvgIpc) is 2.23. The zero-order valence-electron chi connectivity index (χ0n) is 10.9. The summed E-state index contributed by atoms with van der Waals surface area (Å²) in [6.07, 6.45) is 2.78. The van der Waals surface area contributed by atoms with Gasteiger partial charge in [0, 0.05) is 33.0 Å². The predicted molar refractivity (Wildman–Crippen MR) is 65.0 cm³/mol. The van der Waals surface area contributed by atoms with Gasteiger partial charge < -0.3 is 10.2 Å². The molecule has 94 valence electrons. The van der Waals surface area contributed by atoms with Crippen molar-refractivity contribution in [2.24, 2.45) is 5.92 Å². The second kappa shape index (κ2) is 8.13. The molecule has 4 nitrogen and oxygen atoms in total. The van der Waals surface area contributed by atoms with Crippen molar-refractivity contribution in [3.05, 3.63) is 0 Å². The normalized spacial score (nSPS) is 12.0. The first kappa shape index (κ1) is 14.9. The van der Waals surface area contributed by atoms with Crippen molar-refractivity contribution in [2.45, 2.75) is 40.0 Å². The number of hydrogen-bond acceptors (Lipinski definition) is 2. The second-order valence-corrected chi connectivity index (χ2v) is 4.29. The van der Waals surface area contributed by atoms with Gasteiger partial charge in [0.15, 0.2) is 0 Å². The molecule has 1 atom stereocenters. The Morgan fingerprint density at radius 3 is 2.50 bits per heavy atom. The molecule has 0 radical (unpaired) electrons. The van der Waals surface area contributed by atoms with Crippen molar-refractivity contribution >= 4 is 11.8 Å². The number of rotatable bonds is 7. The number of amides is 2. The molecule has 0 spiro atoms. The largest absolute Gasteiger partial charge is 0.356 e. The summed E-state index contributed by atoms with van der Waals surface area (Å²) < 4.78 is 0. The quantitative estimate of drug-likeness (QED) is 0.670. The van der Waals surface area contributed by atoms with E-state index in [2.05, 4.69) is 12.2 Å². The standard InChI is InChI=1S/C12H24N2O2/c1-5-7-10(2)12(16)14(4)9-6-8-13-11(3)15/h10H,5-9H2,1-4H3,(H,13,15). The number of carbonyl (C=O) groups excluding carboxylic acids is 2. The van der Waals surface area contributed by atoms with Crippen LogP contribution in [0.3, 0.4) is 0 Å². The molecule has 4 heteroatoms. The maximum Gasteiger partial charge on any atom is 0.225 e. The summed E-state index contributed by atoms with van der Waals surface area (Å²) in [5.41, 5.74) is 0. The molecule has 0 aromatic rings. The fourth-order valence-electron chi connectivity index (χ4n) is 1.62. The molecule has 0 aliphatic rings. The van der Waals surface area contributed by atoms with E-state index in [1.807, 2.05) is 14.0 Å². The van der Waals surface area contributed by atoms with E-state index in [1.165, 1.54) is 6.92 Å². The third kappa shape index (κ3) is 6.43. The molecule has 0 heterocycles. The number of hydrogen-bond donors (Lipinski definition) is 1. The van der Waals surface area contributed by atoms with Crippen LogP contribution in [0.5, 0.6) is 0 Å². The minimum Gasteiger partial charge on any atom is -0.356 e. The Morgan fingerprint density at radius 1 is 1.38 bits per heavy atom. The van der Waals surface area contributed by atoms with E-state index in [0.717, 1.165) is 19.3 Å². The van der Waals surface area contributed by atoms with Crippen LogP contribution in [0.1, 0.15) is 40.0 Å². The first-order chi connectivity index (χ1) is 7.49. The zero-order valence-corrected chi connectivity index (χ0v) is 10.9. The van der Waals surface area contributed by atoms with Crippen LogP contribution in [-0.4, -0.2) is 36.9 Å². The third-order valence-electron chi connectivity index (χ3n) is 2.56. The van der Waals surface area contributed by atoms with Crippen LogP contribution in [0, 0.1) is 5.92 Å². The summed E-state index contributed by atoms with van der Waals surface area (Å²) in [5.74, 6) is 0.286. The van der Waals surface area contributed by atoms with Gasteiger partial charge in [0.1, 0.15) is 0 Å². The molecular weight excluding hydrogens is 204 g/mol. The Hall–Kier alpha value is -1.06. The van der Waals surface area contributed by atoms with E-state index in [4.69, 9.17) is 0 Å². The number of nitrogens with one attached hydrogen (secondary N) is 1. The predicted octanol–water partition coefficient (Wildman–Crippen LogP) is 1.41. The summed E-state index contributed by atoms with van der Waals surface area (Å²) in [6.45, 7) is 6.89. The maximum absolute atomic E-state index is 11.8. The highest BCUT2D eigenvalue weighted by Crippen LogP contribution is 2.08. The number of nitrogens with zero attached hydrogens (tertiary/aromatic N) is 1. The molecule has 1 N–H and O–H groups in total. The lowest BCUT2D eigenvalue weighted by atomic mass is 10.0. The van der Waals surface area contributed by atoms with E-state index in [0.29, 0.717) is 13.1 Å². The lowest BCUT2D eigenvalue weighted by Crippen LogP contribution is -2.34. The highest BCUT2D eigenvalue weighted by atomic mass is 16.2. The second-order valence-electron chi connectivity index (χ2n) is 4.29. The van der Waals surface area contributed by atoms with Gasteiger partial charge in [-0.2, -0.15) is 0 Å². The van der Waals surface area contributed by atoms with Gasteiger partial charge in [-0.1, -0.05) is 20.3 Å². The Balaban J connectivity index is 3.74. The molecule has 0 saturated carbocycles. The van der Waals surface area contributed by atoms with Crippen molar-refractivity contribution in [1.29, 1.82) is 0 Å². The Morgan fingerprint density at radius 2 is 2.00 bits per heavy atom. The first-order valence-corrected chi connectivity index (χ1v) is 5.98. The number of carbonyl (C=O) groups is 2. The van der Waals surface area contributed by atoms with Gasteiger partial charge in [0.05, 0.1) is 0 Å². The van der Waals surface area contributed by atoms with E-state index in [9.17, 15) is 9.59 Å². The molecular formula is C12H24N2O2. The molecule has 0 aromatic heterocycles. The van der Waals surface area contributed by atoms with Gasteiger partial charge in [-0.3, -0.25) is 9.59 Å².